The summed E-state index contributed by atoms with van der Waals surface area (Å²) in [5.74, 6) is -0.383. The summed E-state index contributed by atoms with van der Waals surface area (Å²) in [6, 6.07) is 7.69. The van der Waals surface area contributed by atoms with Gasteiger partial charge < -0.3 is 15.1 Å². The minimum absolute atomic E-state index is 0.174. The van der Waals surface area contributed by atoms with E-state index in [4.69, 9.17) is 0 Å². The number of carbonyl (C=O) groups is 2. The summed E-state index contributed by atoms with van der Waals surface area (Å²) in [4.78, 5) is 30.3. The van der Waals surface area contributed by atoms with E-state index in [9.17, 15) is 9.59 Å². The summed E-state index contributed by atoms with van der Waals surface area (Å²) in [7, 11) is 1.73. The number of fused-ring (bicyclic) bond motifs is 1. The highest BCUT2D eigenvalue weighted by molar-refractivity contribution is 8.02. The Morgan fingerprint density at radius 3 is 2.62 bits per heavy atom. The average Bonchev–Trinajstić information content (AvgIpc) is 2.59. The molecule has 132 valence electrons. The van der Waals surface area contributed by atoms with Gasteiger partial charge in [0.05, 0.1) is 5.69 Å². The maximum atomic E-state index is 12.7. The molecule has 1 aromatic rings. The van der Waals surface area contributed by atoms with Crippen LogP contribution in [0.25, 0.3) is 0 Å². The number of thioether (sulfide) groups is 1. The lowest BCUT2D eigenvalue weighted by Crippen LogP contribution is -2.55. The third-order valence-corrected chi connectivity index (χ3v) is 5.85. The van der Waals surface area contributed by atoms with E-state index in [1.807, 2.05) is 24.3 Å². The highest BCUT2D eigenvalue weighted by Gasteiger charge is 2.48. The molecule has 1 aliphatic heterocycles. The van der Waals surface area contributed by atoms with E-state index in [-0.39, 0.29) is 11.8 Å². The molecule has 0 fully saturated rings. The van der Waals surface area contributed by atoms with E-state index >= 15 is 0 Å². The lowest BCUT2D eigenvalue weighted by Gasteiger charge is -2.37. The quantitative estimate of drug-likeness (QED) is 0.606. The fourth-order valence-electron chi connectivity index (χ4n) is 2.87. The number of anilines is 1. The summed E-state index contributed by atoms with van der Waals surface area (Å²) in [5, 5.41) is 2.94. The maximum Gasteiger partial charge on any atom is 0.252 e. The molecule has 24 heavy (non-hydrogen) atoms. The van der Waals surface area contributed by atoms with Crippen LogP contribution in [0.3, 0.4) is 0 Å². The zero-order valence-electron chi connectivity index (χ0n) is 15.0. The van der Waals surface area contributed by atoms with Gasteiger partial charge in [-0.1, -0.05) is 37.7 Å². The highest BCUT2D eigenvalue weighted by atomic mass is 32.2. The van der Waals surface area contributed by atoms with Crippen molar-refractivity contribution in [3.05, 3.63) is 24.3 Å². The fourth-order valence-corrected chi connectivity index (χ4v) is 4.16. The van der Waals surface area contributed by atoms with Gasteiger partial charge in [-0.25, -0.2) is 0 Å². The minimum Gasteiger partial charge on any atom is -0.354 e. The Bertz CT molecular complexity index is 604. The summed E-state index contributed by atoms with van der Waals surface area (Å²) < 4.78 is -1.11. The lowest BCUT2D eigenvalue weighted by molar-refractivity contribution is -0.131. The normalized spacial score (nSPS) is 20.2. The van der Waals surface area contributed by atoms with Gasteiger partial charge >= 0.3 is 0 Å². The molecule has 1 N–H and O–H groups in total. The van der Waals surface area contributed by atoms with Crippen LogP contribution in [0.2, 0.25) is 0 Å². The molecule has 0 aliphatic carbocycles. The van der Waals surface area contributed by atoms with Crippen molar-refractivity contribution in [2.24, 2.45) is 0 Å². The Kier molecular flexibility index (Phi) is 6.29. The van der Waals surface area contributed by atoms with E-state index in [1.165, 1.54) is 11.8 Å². The Hall–Kier alpha value is -1.53. The van der Waals surface area contributed by atoms with Crippen LogP contribution >= 0.6 is 11.8 Å². The zero-order chi connectivity index (χ0) is 17.7. The topological polar surface area (TPSA) is 52.7 Å². The zero-order valence-corrected chi connectivity index (χ0v) is 15.8. The van der Waals surface area contributed by atoms with Crippen LogP contribution in [0.5, 0.6) is 0 Å². The van der Waals surface area contributed by atoms with Crippen LogP contribution in [0.1, 0.15) is 27.2 Å². The number of nitrogens with zero attached hydrogens (tertiary/aromatic N) is 2. The monoisotopic (exact) mass is 349 g/mol. The molecule has 1 aromatic carbocycles. The molecule has 0 radical (unpaired) electrons. The highest BCUT2D eigenvalue weighted by Crippen LogP contribution is 2.44. The minimum atomic E-state index is -1.11. The molecule has 6 heteroatoms. The molecule has 0 aromatic heterocycles. The molecule has 1 heterocycles. The van der Waals surface area contributed by atoms with E-state index in [1.54, 1.807) is 18.9 Å². The van der Waals surface area contributed by atoms with E-state index in [2.05, 4.69) is 24.1 Å². The van der Waals surface area contributed by atoms with Gasteiger partial charge in [0.1, 0.15) is 0 Å². The number of hydrogen-bond donors (Lipinski definition) is 1. The second kappa shape index (κ2) is 8.03. The summed E-state index contributed by atoms with van der Waals surface area (Å²) >= 11 is 1.34. The molecule has 0 saturated carbocycles. The maximum absolute atomic E-state index is 12.7. The number of rotatable bonds is 7. The third kappa shape index (κ3) is 3.75. The van der Waals surface area contributed by atoms with Gasteiger partial charge in [-0.2, -0.15) is 0 Å². The van der Waals surface area contributed by atoms with Crippen molar-refractivity contribution in [1.82, 2.24) is 10.2 Å². The second-order valence-electron chi connectivity index (χ2n) is 6.10. The molecule has 0 bridgehead atoms. The Morgan fingerprint density at radius 2 is 1.96 bits per heavy atom. The largest absolute Gasteiger partial charge is 0.354 e. The number of para-hydroxylation sites is 1. The van der Waals surface area contributed by atoms with Crippen LogP contribution in [-0.2, 0) is 9.59 Å². The summed E-state index contributed by atoms with van der Waals surface area (Å²) in [6.45, 7) is 9.54. The van der Waals surface area contributed by atoms with Crippen molar-refractivity contribution in [3.63, 3.8) is 0 Å². The van der Waals surface area contributed by atoms with E-state index in [0.29, 0.717) is 6.54 Å². The Morgan fingerprint density at radius 1 is 1.29 bits per heavy atom. The van der Waals surface area contributed by atoms with Crippen LogP contribution < -0.4 is 10.2 Å². The van der Waals surface area contributed by atoms with Crippen molar-refractivity contribution >= 4 is 29.3 Å². The van der Waals surface area contributed by atoms with Gasteiger partial charge in [0.2, 0.25) is 5.91 Å². The number of amides is 2. The molecule has 5 nitrogen and oxygen atoms in total. The van der Waals surface area contributed by atoms with Crippen LogP contribution in [0, 0.1) is 0 Å². The standard InChI is InChI=1S/C18H27N3O2S/c1-5-21(6-2)13-9-12-19-16(22)18(3)17(23)20(4)14-10-7-8-11-15(14)24-18/h7-8,10-11H,5-6,9,12-13H2,1-4H3,(H,19,22)/t18-/m1/s1. The lowest BCUT2D eigenvalue weighted by atomic mass is 10.1. The first kappa shape index (κ1) is 18.8. The first-order chi connectivity index (χ1) is 11.4. The van der Waals surface area contributed by atoms with Crippen LogP contribution in [0.4, 0.5) is 5.69 Å². The SMILES string of the molecule is CCN(CC)CCCNC(=O)[C@@]1(C)Sc2ccccc2N(C)C1=O. The van der Waals surface area contributed by atoms with Gasteiger partial charge in [0.25, 0.3) is 5.91 Å². The number of carbonyl (C=O) groups excluding carboxylic acids is 2. The van der Waals surface area contributed by atoms with Gasteiger partial charge in [-0.3, -0.25) is 9.59 Å². The van der Waals surface area contributed by atoms with Crippen molar-refractivity contribution in [2.75, 3.05) is 38.1 Å². The smallest absolute Gasteiger partial charge is 0.252 e. The molecule has 2 rings (SSSR count). The molecular formula is C18H27N3O2S. The molecule has 2 amide bonds. The number of nitrogens with one attached hydrogen (secondary N) is 1. The van der Waals surface area contributed by atoms with Gasteiger partial charge in [0, 0.05) is 18.5 Å². The summed E-state index contributed by atoms with van der Waals surface area (Å²) in [6.07, 6.45) is 0.884. The molecule has 0 saturated heterocycles. The molecule has 1 aliphatic rings. The van der Waals surface area contributed by atoms with Gasteiger partial charge in [-0.05, 0) is 45.1 Å². The van der Waals surface area contributed by atoms with E-state index in [0.717, 1.165) is 36.6 Å². The second-order valence-corrected chi connectivity index (χ2v) is 7.56. The van der Waals surface area contributed by atoms with Crippen LogP contribution in [-0.4, -0.2) is 54.7 Å². The molecule has 0 spiro atoms. The fraction of sp³-hybridized carbons (Fsp3) is 0.556. The van der Waals surface area contributed by atoms with Crippen molar-refractivity contribution in [1.29, 1.82) is 0 Å². The van der Waals surface area contributed by atoms with Crippen molar-refractivity contribution in [3.8, 4) is 0 Å². The first-order valence-electron chi connectivity index (χ1n) is 8.50. The van der Waals surface area contributed by atoms with Crippen LogP contribution in [0.15, 0.2) is 29.2 Å². The summed E-state index contributed by atoms with van der Waals surface area (Å²) in [5.41, 5.74) is 0.860. The Balaban J connectivity index is 2.00. The Labute approximate surface area is 148 Å². The van der Waals surface area contributed by atoms with Gasteiger partial charge in [0.15, 0.2) is 4.75 Å². The van der Waals surface area contributed by atoms with Gasteiger partial charge in [-0.15, -0.1) is 0 Å². The predicted octanol–water partition coefficient (Wildman–Crippen LogP) is 2.36. The van der Waals surface area contributed by atoms with E-state index < -0.39 is 4.75 Å². The first-order valence-corrected chi connectivity index (χ1v) is 9.32. The average molecular weight is 350 g/mol. The molecular weight excluding hydrogens is 322 g/mol. The van der Waals surface area contributed by atoms with Crippen molar-refractivity contribution < 1.29 is 9.59 Å². The predicted molar refractivity (Wildman–Crippen MR) is 99.5 cm³/mol. The third-order valence-electron chi connectivity index (χ3n) is 4.52. The van der Waals surface area contributed by atoms with Crippen molar-refractivity contribution in [2.45, 2.75) is 36.8 Å². The number of hydrogen-bond acceptors (Lipinski definition) is 4. The number of benzene rings is 1. The molecule has 1 atom stereocenters. The molecule has 0 unspecified atom stereocenters.